The second kappa shape index (κ2) is 7.54. The Hall–Kier alpha value is -3.02. The normalized spacial score (nSPS) is 15.1. The Bertz CT molecular complexity index is 1020. The number of fused-ring (bicyclic) bond motifs is 1. The lowest BCUT2D eigenvalue weighted by Gasteiger charge is -2.32. The number of aromatic nitrogens is 2. The Morgan fingerprint density at radius 1 is 1.07 bits per heavy atom. The number of aromatic amines is 1. The molecule has 6 nitrogen and oxygen atoms in total. The highest BCUT2D eigenvalue weighted by Gasteiger charge is 2.26. The Morgan fingerprint density at radius 3 is 2.43 bits per heavy atom. The van der Waals surface area contributed by atoms with Crippen LogP contribution in [0.3, 0.4) is 0 Å². The zero-order chi connectivity index (χ0) is 19.7. The Morgan fingerprint density at radius 2 is 1.75 bits per heavy atom. The molecule has 2 heterocycles. The molecule has 3 aromatic rings. The van der Waals surface area contributed by atoms with Gasteiger partial charge in [-0.1, -0.05) is 24.3 Å². The Balaban J connectivity index is 1.40. The number of imidazole rings is 1. The number of hydrogen-bond acceptors (Lipinski definition) is 3. The Labute approximate surface area is 164 Å². The van der Waals surface area contributed by atoms with Crippen molar-refractivity contribution in [1.29, 1.82) is 0 Å². The molecule has 0 aliphatic carbocycles. The molecule has 28 heavy (non-hydrogen) atoms. The van der Waals surface area contributed by atoms with Crippen LogP contribution in [0.15, 0.2) is 53.3 Å². The van der Waals surface area contributed by atoms with Crippen molar-refractivity contribution < 1.29 is 4.79 Å². The molecule has 2 aromatic carbocycles. The maximum absolute atomic E-state index is 12.7. The van der Waals surface area contributed by atoms with Gasteiger partial charge in [-0.3, -0.25) is 9.36 Å². The summed E-state index contributed by atoms with van der Waals surface area (Å²) in [5, 5.41) is 0. The first-order valence-electron chi connectivity index (χ1n) is 9.76. The van der Waals surface area contributed by atoms with Gasteiger partial charge in [0, 0.05) is 38.9 Å². The van der Waals surface area contributed by atoms with E-state index < -0.39 is 0 Å². The molecule has 1 amide bonds. The van der Waals surface area contributed by atoms with Crippen LogP contribution in [0, 0.1) is 0 Å². The van der Waals surface area contributed by atoms with Crippen LogP contribution in [0.5, 0.6) is 0 Å². The van der Waals surface area contributed by atoms with Gasteiger partial charge in [0.1, 0.15) is 0 Å². The Kier molecular flexibility index (Phi) is 4.94. The number of rotatable bonds is 4. The number of H-pyrrole nitrogens is 1. The van der Waals surface area contributed by atoms with Crippen LogP contribution < -0.4 is 10.6 Å². The van der Waals surface area contributed by atoms with Gasteiger partial charge >= 0.3 is 5.69 Å². The predicted molar refractivity (Wildman–Crippen MR) is 112 cm³/mol. The van der Waals surface area contributed by atoms with Gasteiger partial charge in [0.25, 0.3) is 0 Å². The number of nitrogens with one attached hydrogen (secondary N) is 1. The third kappa shape index (κ3) is 3.54. The molecule has 0 bridgehead atoms. The van der Waals surface area contributed by atoms with Crippen molar-refractivity contribution in [2.24, 2.45) is 0 Å². The summed E-state index contributed by atoms with van der Waals surface area (Å²) in [5.74, 6) is 0.155. The van der Waals surface area contributed by atoms with Gasteiger partial charge in [-0.2, -0.15) is 0 Å². The van der Waals surface area contributed by atoms with Crippen molar-refractivity contribution in [3.8, 4) is 0 Å². The molecule has 146 valence electrons. The summed E-state index contributed by atoms with van der Waals surface area (Å²) in [6, 6.07) is 16.0. The van der Waals surface area contributed by atoms with Gasteiger partial charge in [-0.25, -0.2) is 4.79 Å². The van der Waals surface area contributed by atoms with Gasteiger partial charge in [0.2, 0.25) is 5.91 Å². The van der Waals surface area contributed by atoms with Crippen molar-refractivity contribution in [2.45, 2.75) is 25.3 Å². The molecule has 1 saturated heterocycles. The zero-order valence-corrected chi connectivity index (χ0v) is 16.4. The SMILES string of the molecule is CN(C)c1ccc(CC(=O)N2CCC(n3c(=O)[nH]c4ccccc43)CC2)cc1. The first-order valence-corrected chi connectivity index (χ1v) is 9.76. The second-order valence-corrected chi connectivity index (χ2v) is 7.67. The number of anilines is 1. The van der Waals surface area contributed by atoms with Gasteiger partial charge in [0.15, 0.2) is 0 Å². The highest BCUT2D eigenvalue weighted by atomic mass is 16.2. The molecule has 0 atom stereocenters. The van der Waals surface area contributed by atoms with Crippen LogP contribution in [-0.2, 0) is 11.2 Å². The highest BCUT2D eigenvalue weighted by molar-refractivity contribution is 5.79. The van der Waals surface area contributed by atoms with E-state index >= 15 is 0 Å². The highest BCUT2D eigenvalue weighted by Crippen LogP contribution is 2.25. The van der Waals surface area contributed by atoms with Crippen LogP contribution in [0.2, 0.25) is 0 Å². The summed E-state index contributed by atoms with van der Waals surface area (Å²) in [6.45, 7) is 1.37. The molecular formula is C22H26N4O2. The third-order valence-corrected chi connectivity index (χ3v) is 5.61. The minimum atomic E-state index is -0.0630. The maximum atomic E-state index is 12.7. The van der Waals surface area contributed by atoms with E-state index in [-0.39, 0.29) is 17.6 Å². The molecule has 1 N–H and O–H groups in total. The van der Waals surface area contributed by atoms with Crippen molar-refractivity contribution >= 4 is 22.6 Å². The lowest BCUT2D eigenvalue weighted by atomic mass is 10.0. The number of benzene rings is 2. The number of likely N-dealkylation sites (tertiary alicyclic amines) is 1. The summed E-state index contributed by atoms with van der Waals surface area (Å²) in [4.78, 5) is 32.0. The standard InChI is InChI=1S/C22H26N4O2/c1-24(2)17-9-7-16(8-10-17)15-21(27)25-13-11-18(12-14-25)26-20-6-4-3-5-19(20)23-22(26)28/h3-10,18H,11-15H2,1-2H3,(H,23,28). The summed E-state index contributed by atoms with van der Waals surface area (Å²) in [5.41, 5.74) is 3.91. The molecule has 0 radical (unpaired) electrons. The van der Waals surface area contributed by atoms with E-state index in [1.54, 1.807) is 0 Å². The molecule has 6 heteroatoms. The van der Waals surface area contributed by atoms with Crippen LogP contribution in [0.25, 0.3) is 11.0 Å². The number of piperidine rings is 1. The molecule has 1 aromatic heterocycles. The quantitative estimate of drug-likeness (QED) is 0.759. The minimum Gasteiger partial charge on any atom is -0.378 e. The van der Waals surface area contributed by atoms with Crippen LogP contribution in [0.1, 0.15) is 24.4 Å². The van der Waals surface area contributed by atoms with E-state index in [1.165, 1.54) is 0 Å². The molecule has 0 saturated carbocycles. The fourth-order valence-electron chi connectivity index (χ4n) is 4.01. The maximum Gasteiger partial charge on any atom is 0.326 e. The molecular weight excluding hydrogens is 352 g/mol. The van der Waals surface area contributed by atoms with Crippen molar-refractivity contribution in [2.75, 3.05) is 32.1 Å². The van der Waals surface area contributed by atoms with E-state index in [1.807, 2.05) is 77.0 Å². The number of hydrogen-bond donors (Lipinski definition) is 1. The van der Waals surface area contributed by atoms with Gasteiger partial charge in [-0.15, -0.1) is 0 Å². The fourth-order valence-corrected chi connectivity index (χ4v) is 4.01. The average molecular weight is 378 g/mol. The van der Waals surface area contributed by atoms with Gasteiger partial charge in [0.05, 0.1) is 17.5 Å². The lowest BCUT2D eigenvalue weighted by Crippen LogP contribution is -2.41. The first kappa shape index (κ1) is 18.3. The van der Waals surface area contributed by atoms with Crippen LogP contribution in [0.4, 0.5) is 5.69 Å². The second-order valence-electron chi connectivity index (χ2n) is 7.67. The van der Waals surface area contributed by atoms with Gasteiger partial charge < -0.3 is 14.8 Å². The average Bonchev–Trinajstić information content (AvgIpc) is 3.04. The zero-order valence-electron chi connectivity index (χ0n) is 16.4. The van der Waals surface area contributed by atoms with E-state index in [2.05, 4.69) is 4.98 Å². The molecule has 1 fully saturated rings. The molecule has 4 rings (SSSR count). The number of carbonyl (C=O) groups is 1. The predicted octanol–water partition coefficient (Wildman–Crippen LogP) is 2.80. The van der Waals surface area contributed by atoms with Crippen LogP contribution >= 0.6 is 0 Å². The number of nitrogens with zero attached hydrogens (tertiary/aromatic N) is 3. The first-order chi connectivity index (χ1) is 13.5. The summed E-state index contributed by atoms with van der Waals surface area (Å²) >= 11 is 0. The molecule has 1 aliphatic heterocycles. The van der Waals surface area contributed by atoms with Crippen LogP contribution in [-0.4, -0.2) is 47.5 Å². The summed E-state index contributed by atoms with van der Waals surface area (Å²) < 4.78 is 1.86. The number of carbonyl (C=O) groups excluding carboxylic acids is 1. The minimum absolute atomic E-state index is 0.0630. The molecule has 1 aliphatic rings. The van der Waals surface area contributed by atoms with E-state index in [4.69, 9.17) is 0 Å². The number of amides is 1. The fraction of sp³-hybridized carbons (Fsp3) is 0.364. The number of para-hydroxylation sites is 2. The van der Waals surface area contributed by atoms with Gasteiger partial charge in [-0.05, 0) is 42.7 Å². The topological polar surface area (TPSA) is 61.3 Å². The molecule has 0 spiro atoms. The smallest absolute Gasteiger partial charge is 0.326 e. The van der Waals surface area contributed by atoms with E-state index in [0.29, 0.717) is 19.5 Å². The van der Waals surface area contributed by atoms with E-state index in [9.17, 15) is 9.59 Å². The molecule has 0 unspecified atom stereocenters. The van der Waals surface area contributed by atoms with Crippen molar-refractivity contribution in [3.05, 3.63) is 64.6 Å². The lowest BCUT2D eigenvalue weighted by molar-refractivity contribution is -0.131. The third-order valence-electron chi connectivity index (χ3n) is 5.61. The van der Waals surface area contributed by atoms with E-state index in [0.717, 1.165) is 35.1 Å². The monoisotopic (exact) mass is 378 g/mol. The summed E-state index contributed by atoms with van der Waals surface area (Å²) in [7, 11) is 4.01. The van der Waals surface area contributed by atoms with Crippen molar-refractivity contribution in [1.82, 2.24) is 14.5 Å². The largest absolute Gasteiger partial charge is 0.378 e. The van der Waals surface area contributed by atoms with Crippen molar-refractivity contribution in [3.63, 3.8) is 0 Å². The summed E-state index contributed by atoms with van der Waals surface area (Å²) in [6.07, 6.45) is 2.02.